The summed E-state index contributed by atoms with van der Waals surface area (Å²) in [6.07, 6.45) is 5.73. The van der Waals surface area contributed by atoms with Crippen LogP contribution in [0.15, 0.2) is 109 Å². The largest absolute Gasteiger partial charge is 0.489 e. The van der Waals surface area contributed by atoms with Gasteiger partial charge in [-0.2, -0.15) is 3.89 Å². The Balaban J connectivity index is 1.08. The molecule has 46 heavy (non-hydrogen) atoms. The van der Waals surface area contributed by atoms with Crippen LogP contribution in [0.5, 0.6) is 5.75 Å². The molecule has 7 rings (SSSR count). The fourth-order valence-electron chi connectivity index (χ4n) is 8.90. The summed E-state index contributed by atoms with van der Waals surface area (Å²) in [5, 5.41) is 0. The second-order valence-electron chi connectivity index (χ2n) is 14.3. The summed E-state index contributed by atoms with van der Waals surface area (Å²) < 4.78 is 41.2. The number of rotatable bonds is 10. The summed E-state index contributed by atoms with van der Waals surface area (Å²) in [5.41, 5.74) is 5.87. The average molecular weight is 637 g/mol. The number of fused-ring (bicyclic) bond motifs is 5. The van der Waals surface area contributed by atoms with Gasteiger partial charge < -0.3 is 4.74 Å². The number of ether oxygens (including phenoxy) is 1. The molecule has 0 spiro atoms. The minimum atomic E-state index is -3.98. The minimum Gasteiger partial charge on any atom is -0.489 e. The van der Waals surface area contributed by atoms with Gasteiger partial charge in [0.25, 0.3) is 0 Å². The highest BCUT2D eigenvalue weighted by molar-refractivity contribution is 7.81. The van der Waals surface area contributed by atoms with Crippen LogP contribution in [0, 0.1) is 17.3 Å². The van der Waals surface area contributed by atoms with Crippen LogP contribution in [-0.4, -0.2) is 25.5 Å². The van der Waals surface area contributed by atoms with Gasteiger partial charge >= 0.3 is 10.3 Å². The van der Waals surface area contributed by atoms with E-state index in [9.17, 15) is 8.42 Å². The molecule has 4 aromatic rings. The van der Waals surface area contributed by atoms with Gasteiger partial charge in [0.1, 0.15) is 25.4 Å². The quantitative estimate of drug-likeness (QED) is 0.164. The lowest BCUT2D eigenvalue weighted by molar-refractivity contribution is -0.818. The van der Waals surface area contributed by atoms with Gasteiger partial charge in [0.05, 0.1) is 13.2 Å². The lowest BCUT2D eigenvalue weighted by atomic mass is 9.55. The summed E-state index contributed by atoms with van der Waals surface area (Å²) in [4.78, 5) is 0. The van der Waals surface area contributed by atoms with Gasteiger partial charge in [0.15, 0.2) is 0 Å². The predicted molar refractivity (Wildman–Crippen MR) is 182 cm³/mol. The van der Waals surface area contributed by atoms with Crippen molar-refractivity contribution in [2.45, 2.75) is 77.2 Å². The summed E-state index contributed by atoms with van der Waals surface area (Å²) in [7, 11) is -2.16. The molecule has 5 nitrogen and oxygen atoms in total. The first-order valence-electron chi connectivity index (χ1n) is 16.9. The van der Waals surface area contributed by atoms with E-state index in [-0.39, 0.29) is 15.4 Å². The molecule has 3 unspecified atom stereocenters. The third-order valence-electron chi connectivity index (χ3n) is 11.4. The molecule has 0 aromatic heterocycles. The molecule has 0 amide bonds. The van der Waals surface area contributed by atoms with E-state index in [0.717, 1.165) is 55.4 Å². The topological polar surface area (TPSA) is 52.6 Å². The summed E-state index contributed by atoms with van der Waals surface area (Å²) >= 11 is 0. The van der Waals surface area contributed by atoms with Crippen molar-refractivity contribution in [3.05, 3.63) is 137 Å². The minimum absolute atomic E-state index is 0.158. The maximum atomic E-state index is 14.4. The highest BCUT2D eigenvalue weighted by Crippen LogP contribution is 2.62. The Morgan fingerprint density at radius 2 is 1.37 bits per heavy atom. The molecule has 0 saturated heterocycles. The maximum absolute atomic E-state index is 14.4. The van der Waals surface area contributed by atoms with Crippen LogP contribution in [0.2, 0.25) is 0 Å². The second kappa shape index (κ2) is 12.6. The Morgan fingerprint density at radius 1 is 0.761 bits per heavy atom. The number of quaternary nitrogens is 1. The number of benzene rings is 4. The molecule has 2 saturated carbocycles. The lowest BCUT2D eigenvalue weighted by Crippen LogP contribution is -2.52. The highest BCUT2D eigenvalue weighted by atomic mass is 32.2. The molecular formula is C40H46NO4S+. The molecule has 3 aliphatic rings. The predicted octanol–water partition coefficient (Wildman–Crippen LogP) is 8.60. The van der Waals surface area contributed by atoms with Crippen molar-refractivity contribution < 1.29 is 21.2 Å². The standard InChI is InChI=1S/C40H46NO4S/c1-40-25-24-36-35-21-19-34(44-29-32-16-10-5-11-17-32)26-33(35)18-20-37(36)38(40)22-23-39(40)45-46(42,43)41(2,27-30-12-6-3-7-13-30)28-31-14-8-4-9-15-31/h3-17,19,21,26,36-39H,18,20,22-25,27-29H2,1-2H3/q+1/t36?,37?,38?,39-,40-/m0/s1. The zero-order valence-corrected chi connectivity index (χ0v) is 27.9. The van der Waals surface area contributed by atoms with Crippen LogP contribution in [0.25, 0.3) is 0 Å². The van der Waals surface area contributed by atoms with E-state index in [1.807, 2.05) is 85.9 Å². The SMILES string of the molecule is C[C@]12CCC3c4ccc(OCc5ccccc5)cc4CCC3C1CC[C@@H]2OS(=O)(=O)[N+](C)(Cc1ccccc1)Cc1ccccc1. The van der Waals surface area contributed by atoms with Gasteiger partial charge in [0.2, 0.25) is 0 Å². The average Bonchev–Trinajstić information content (AvgIpc) is 3.40. The molecule has 0 radical (unpaired) electrons. The van der Waals surface area contributed by atoms with Crippen molar-refractivity contribution in [1.82, 2.24) is 0 Å². The van der Waals surface area contributed by atoms with E-state index in [4.69, 9.17) is 8.92 Å². The molecule has 5 atom stereocenters. The zero-order valence-electron chi connectivity index (χ0n) is 27.1. The molecule has 2 fully saturated rings. The number of hydrogen-bond acceptors (Lipinski definition) is 4. The van der Waals surface area contributed by atoms with Gasteiger partial charge in [0, 0.05) is 11.1 Å². The molecule has 0 N–H and O–H groups in total. The Morgan fingerprint density at radius 3 is 2.00 bits per heavy atom. The van der Waals surface area contributed by atoms with Crippen LogP contribution < -0.4 is 4.74 Å². The molecule has 0 aliphatic heterocycles. The van der Waals surface area contributed by atoms with E-state index >= 15 is 0 Å². The molecule has 0 heterocycles. The van der Waals surface area contributed by atoms with Gasteiger partial charge in [-0.1, -0.05) is 104 Å². The van der Waals surface area contributed by atoms with E-state index in [1.54, 1.807) is 0 Å². The first kappa shape index (κ1) is 31.2. The summed E-state index contributed by atoms with van der Waals surface area (Å²) in [6, 6.07) is 36.8. The Hall–Kier alpha value is -3.45. The molecular weight excluding hydrogens is 591 g/mol. The monoisotopic (exact) mass is 636 g/mol. The van der Waals surface area contributed by atoms with Gasteiger partial charge in [-0.25, -0.2) is 4.18 Å². The van der Waals surface area contributed by atoms with Crippen molar-refractivity contribution in [2.75, 3.05) is 7.05 Å². The fraction of sp³-hybridized carbons (Fsp3) is 0.400. The first-order chi connectivity index (χ1) is 22.2. The molecule has 6 heteroatoms. The summed E-state index contributed by atoms with van der Waals surface area (Å²) in [5.74, 6) is 2.45. The van der Waals surface area contributed by atoms with Crippen molar-refractivity contribution >= 4 is 10.3 Å². The lowest BCUT2D eigenvalue weighted by Gasteiger charge is -2.50. The van der Waals surface area contributed by atoms with E-state index in [1.165, 1.54) is 16.7 Å². The van der Waals surface area contributed by atoms with E-state index in [0.29, 0.717) is 37.5 Å². The molecule has 4 aromatic carbocycles. The van der Waals surface area contributed by atoms with Gasteiger partial charge in [-0.3, -0.25) is 0 Å². The number of aryl methyl sites for hydroxylation is 1. The molecule has 0 bridgehead atoms. The summed E-state index contributed by atoms with van der Waals surface area (Å²) in [6.45, 7) is 3.59. The number of nitrogens with zero attached hydrogens (tertiary/aromatic N) is 1. The fourth-order valence-corrected chi connectivity index (χ4v) is 10.3. The van der Waals surface area contributed by atoms with Gasteiger partial charge in [-0.05, 0) is 90.5 Å². The van der Waals surface area contributed by atoms with Crippen molar-refractivity contribution in [1.29, 1.82) is 0 Å². The zero-order chi connectivity index (χ0) is 31.8. The van der Waals surface area contributed by atoms with Crippen molar-refractivity contribution in [2.24, 2.45) is 17.3 Å². The third-order valence-corrected chi connectivity index (χ3v) is 13.2. The van der Waals surface area contributed by atoms with Gasteiger partial charge in [-0.15, -0.1) is 8.42 Å². The van der Waals surface area contributed by atoms with Crippen LogP contribution in [0.1, 0.15) is 72.8 Å². The van der Waals surface area contributed by atoms with E-state index in [2.05, 4.69) is 37.3 Å². The highest BCUT2D eigenvalue weighted by Gasteiger charge is 2.57. The maximum Gasteiger partial charge on any atom is 0.436 e. The Bertz CT molecular complexity index is 1700. The van der Waals surface area contributed by atoms with Crippen LogP contribution in [-0.2, 0) is 40.6 Å². The first-order valence-corrected chi connectivity index (χ1v) is 18.3. The van der Waals surface area contributed by atoms with Crippen molar-refractivity contribution in [3.63, 3.8) is 0 Å². The van der Waals surface area contributed by atoms with Crippen molar-refractivity contribution in [3.8, 4) is 5.75 Å². The molecule has 3 aliphatic carbocycles. The number of hydrogen-bond donors (Lipinski definition) is 0. The normalized spacial score (nSPS) is 25.7. The third kappa shape index (κ3) is 6.03. The Kier molecular flexibility index (Phi) is 8.56. The smallest absolute Gasteiger partial charge is 0.436 e. The van der Waals surface area contributed by atoms with Crippen LogP contribution in [0.3, 0.4) is 0 Å². The molecule has 240 valence electrons. The van der Waals surface area contributed by atoms with Crippen LogP contribution in [0.4, 0.5) is 0 Å². The van der Waals surface area contributed by atoms with Crippen LogP contribution >= 0.6 is 0 Å². The Labute approximate surface area is 275 Å². The second-order valence-corrected chi connectivity index (χ2v) is 16.2. The van der Waals surface area contributed by atoms with E-state index < -0.39 is 10.3 Å².